The highest BCUT2D eigenvalue weighted by atomic mass is 15.4. The van der Waals surface area contributed by atoms with Gasteiger partial charge >= 0.3 is 0 Å². The van der Waals surface area contributed by atoms with Crippen LogP contribution in [0.25, 0.3) is 44.9 Å². The molecule has 0 bridgehead atoms. The van der Waals surface area contributed by atoms with Crippen LogP contribution in [0.2, 0.25) is 0 Å². The second-order valence-corrected chi connectivity index (χ2v) is 10.5. The number of para-hydroxylation sites is 3. The summed E-state index contributed by atoms with van der Waals surface area (Å²) in [4.78, 5) is 4.85. The van der Waals surface area contributed by atoms with E-state index in [0.29, 0.717) is 17.4 Å². The predicted molar refractivity (Wildman–Crippen MR) is 202 cm³/mol. The largest absolute Gasteiger partial charge is 0.362 e. The third-order valence-electron chi connectivity index (χ3n) is 7.29. The van der Waals surface area contributed by atoms with Crippen LogP contribution in [0.4, 0.5) is 5.69 Å². The Balaban J connectivity index is 0.000000855. The SMILES string of the molecule is C=CC.CC.N=C(/C=C\Nc1cccc(-c2cccc(-c3ccccc3)c2)c1)c1ccn(-c2nc3ccccc3n2-c2ccccc2)n1. The normalized spacial score (nSPS) is 10.5. The van der Waals surface area contributed by atoms with E-state index in [1.165, 1.54) is 11.1 Å². The highest BCUT2D eigenvalue weighted by Gasteiger charge is 2.15. The van der Waals surface area contributed by atoms with Crippen molar-refractivity contribution in [3.63, 3.8) is 0 Å². The molecule has 7 aromatic rings. The fourth-order valence-electron chi connectivity index (χ4n) is 5.18. The van der Waals surface area contributed by atoms with Gasteiger partial charge in [-0.3, -0.25) is 9.98 Å². The Labute approximate surface area is 282 Å². The molecular formula is C42H40N6. The topological polar surface area (TPSA) is 71.5 Å². The van der Waals surface area contributed by atoms with Crippen molar-refractivity contribution in [2.75, 3.05) is 5.32 Å². The number of hydrogen-bond acceptors (Lipinski definition) is 4. The Hall–Kier alpha value is -6.27. The van der Waals surface area contributed by atoms with Gasteiger partial charge in [0.2, 0.25) is 5.95 Å². The van der Waals surface area contributed by atoms with Crippen LogP contribution >= 0.6 is 0 Å². The highest BCUT2D eigenvalue weighted by Crippen LogP contribution is 2.28. The number of allylic oxidation sites excluding steroid dienone is 2. The van der Waals surface area contributed by atoms with Gasteiger partial charge in [0.15, 0.2) is 0 Å². The van der Waals surface area contributed by atoms with Crippen molar-refractivity contribution < 1.29 is 0 Å². The minimum absolute atomic E-state index is 0.292. The molecule has 0 radical (unpaired) electrons. The van der Waals surface area contributed by atoms with E-state index in [0.717, 1.165) is 33.5 Å². The Morgan fingerprint density at radius 3 is 2.02 bits per heavy atom. The second kappa shape index (κ2) is 16.3. The first-order valence-corrected chi connectivity index (χ1v) is 16.1. The summed E-state index contributed by atoms with van der Waals surface area (Å²) >= 11 is 0. The summed E-state index contributed by atoms with van der Waals surface area (Å²) < 4.78 is 3.81. The standard InChI is InChI=1S/C37H28N6.C3H6.C2H6/c38-33(21-23-39-31-16-10-15-30(26-31)29-14-9-13-28(25-29)27-11-3-1-4-12-27)34-22-24-42(41-34)37-40-35-19-7-8-20-36(35)43(37)32-17-5-2-6-18-32;1-3-2;1-2/h1-26,38-39H;3H,1H2,2H3;1-2H3/b23-21-,38-33?;;. The van der Waals surface area contributed by atoms with Crippen LogP contribution < -0.4 is 5.32 Å². The van der Waals surface area contributed by atoms with E-state index in [-0.39, 0.29) is 0 Å². The summed E-state index contributed by atoms with van der Waals surface area (Å²) in [5.41, 5.74) is 9.30. The van der Waals surface area contributed by atoms with E-state index in [4.69, 9.17) is 15.5 Å². The maximum Gasteiger partial charge on any atom is 0.236 e. The maximum atomic E-state index is 8.65. The molecule has 0 aliphatic heterocycles. The molecule has 2 N–H and O–H groups in total. The molecule has 0 fully saturated rings. The molecule has 2 heterocycles. The Bertz CT molecular complexity index is 2120. The molecule has 0 saturated carbocycles. The molecule has 0 aliphatic rings. The van der Waals surface area contributed by atoms with Gasteiger partial charge in [0.05, 0.1) is 16.7 Å². The van der Waals surface area contributed by atoms with Crippen molar-refractivity contribution >= 4 is 22.4 Å². The molecule has 2 aromatic heterocycles. The number of nitrogens with zero attached hydrogens (tertiary/aromatic N) is 4. The van der Waals surface area contributed by atoms with E-state index in [2.05, 4.69) is 83.2 Å². The predicted octanol–water partition coefficient (Wildman–Crippen LogP) is 10.8. The average molecular weight is 629 g/mol. The number of fused-ring (bicyclic) bond motifs is 1. The molecule has 48 heavy (non-hydrogen) atoms. The summed E-state index contributed by atoms with van der Waals surface area (Å²) in [6.45, 7) is 9.25. The first kappa shape index (κ1) is 33.1. The van der Waals surface area contributed by atoms with Crippen molar-refractivity contribution in [1.29, 1.82) is 5.41 Å². The number of benzene rings is 5. The fraction of sp³-hybridized carbons (Fsp3) is 0.0714. The van der Waals surface area contributed by atoms with E-state index in [1.54, 1.807) is 23.0 Å². The number of nitrogens with one attached hydrogen (secondary N) is 2. The molecule has 0 saturated heterocycles. The monoisotopic (exact) mass is 628 g/mol. The van der Waals surface area contributed by atoms with Crippen LogP contribution in [0.5, 0.6) is 0 Å². The van der Waals surface area contributed by atoms with Crippen LogP contribution in [0, 0.1) is 5.41 Å². The van der Waals surface area contributed by atoms with Gasteiger partial charge < -0.3 is 5.32 Å². The maximum absolute atomic E-state index is 8.65. The number of hydrogen-bond donors (Lipinski definition) is 2. The van der Waals surface area contributed by atoms with E-state index in [1.807, 2.05) is 99.8 Å². The zero-order chi connectivity index (χ0) is 33.7. The van der Waals surface area contributed by atoms with Crippen molar-refractivity contribution in [1.82, 2.24) is 19.3 Å². The van der Waals surface area contributed by atoms with Crippen molar-refractivity contribution in [2.45, 2.75) is 20.8 Å². The van der Waals surface area contributed by atoms with Crippen LogP contribution in [-0.4, -0.2) is 25.0 Å². The Morgan fingerprint density at radius 1 is 0.708 bits per heavy atom. The highest BCUT2D eigenvalue weighted by molar-refractivity contribution is 6.05. The van der Waals surface area contributed by atoms with Gasteiger partial charge in [0.25, 0.3) is 0 Å². The molecule has 238 valence electrons. The van der Waals surface area contributed by atoms with E-state index in [9.17, 15) is 0 Å². The molecule has 7 rings (SSSR count). The fourth-order valence-corrected chi connectivity index (χ4v) is 5.18. The molecular weight excluding hydrogens is 589 g/mol. The van der Waals surface area contributed by atoms with Gasteiger partial charge in [-0.1, -0.05) is 111 Å². The van der Waals surface area contributed by atoms with Gasteiger partial charge in [-0.2, -0.15) is 5.10 Å². The molecule has 0 spiro atoms. The molecule has 0 unspecified atom stereocenters. The number of aromatic nitrogens is 4. The zero-order valence-electron chi connectivity index (χ0n) is 27.6. The molecule has 6 nitrogen and oxygen atoms in total. The third kappa shape index (κ3) is 7.74. The van der Waals surface area contributed by atoms with Crippen LogP contribution in [0.15, 0.2) is 171 Å². The van der Waals surface area contributed by atoms with Crippen molar-refractivity contribution in [2.24, 2.45) is 0 Å². The first-order chi connectivity index (χ1) is 23.6. The van der Waals surface area contributed by atoms with Gasteiger partial charge in [0, 0.05) is 23.8 Å². The molecule has 0 aliphatic carbocycles. The lowest BCUT2D eigenvalue weighted by atomic mass is 9.99. The minimum atomic E-state index is 0.292. The first-order valence-electron chi connectivity index (χ1n) is 16.1. The molecule has 5 aromatic carbocycles. The van der Waals surface area contributed by atoms with E-state index < -0.39 is 0 Å². The summed E-state index contributed by atoms with van der Waals surface area (Å²) in [6.07, 6.45) is 7.09. The third-order valence-corrected chi connectivity index (χ3v) is 7.29. The summed E-state index contributed by atoms with van der Waals surface area (Å²) in [7, 11) is 0. The van der Waals surface area contributed by atoms with Crippen LogP contribution in [0.1, 0.15) is 26.5 Å². The lowest BCUT2D eigenvalue weighted by Gasteiger charge is -2.09. The number of imidazole rings is 1. The Kier molecular flexibility index (Phi) is 11.3. The second-order valence-electron chi connectivity index (χ2n) is 10.5. The van der Waals surface area contributed by atoms with Gasteiger partial charge in [-0.15, -0.1) is 6.58 Å². The zero-order valence-corrected chi connectivity index (χ0v) is 27.6. The number of anilines is 1. The quantitative estimate of drug-likeness (QED) is 0.130. The van der Waals surface area contributed by atoms with Gasteiger partial charge in [0.1, 0.15) is 5.69 Å². The smallest absolute Gasteiger partial charge is 0.236 e. The lowest BCUT2D eigenvalue weighted by molar-refractivity contribution is 0.793. The average Bonchev–Trinajstić information content (AvgIpc) is 3.80. The lowest BCUT2D eigenvalue weighted by Crippen LogP contribution is -2.07. The number of rotatable bonds is 8. The molecule has 0 amide bonds. The Morgan fingerprint density at radius 2 is 1.29 bits per heavy atom. The summed E-state index contributed by atoms with van der Waals surface area (Å²) in [5.74, 6) is 0.668. The minimum Gasteiger partial charge on any atom is -0.362 e. The van der Waals surface area contributed by atoms with Gasteiger partial charge in [-0.05, 0) is 83.8 Å². The summed E-state index contributed by atoms with van der Waals surface area (Å²) in [5, 5.41) is 16.7. The van der Waals surface area contributed by atoms with Crippen molar-refractivity contribution in [3.8, 4) is 33.9 Å². The van der Waals surface area contributed by atoms with E-state index >= 15 is 0 Å². The molecule has 6 heteroatoms. The summed E-state index contributed by atoms with van der Waals surface area (Å²) in [6, 6.07) is 47.2. The van der Waals surface area contributed by atoms with Crippen LogP contribution in [-0.2, 0) is 0 Å². The van der Waals surface area contributed by atoms with Gasteiger partial charge in [-0.25, -0.2) is 9.67 Å². The van der Waals surface area contributed by atoms with Crippen LogP contribution in [0.3, 0.4) is 0 Å². The molecule has 0 atom stereocenters. The van der Waals surface area contributed by atoms with Crippen molar-refractivity contribution in [3.05, 3.63) is 176 Å².